The summed E-state index contributed by atoms with van der Waals surface area (Å²) in [6.45, 7) is 1.63. The van der Waals surface area contributed by atoms with Gasteiger partial charge in [0.05, 0.1) is 16.7 Å². The molecule has 0 radical (unpaired) electrons. The van der Waals surface area contributed by atoms with E-state index in [1.807, 2.05) is 0 Å². The predicted octanol–water partition coefficient (Wildman–Crippen LogP) is 2.60. The number of aliphatic hydroxyl groups is 1. The van der Waals surface area contributed by atoms with Crippen LogP contribution in [0.3, 0.4) is 0 Å². The highest BCUT2D eigenvalue weighted by Gasteiger charge is 2.14. The van der Waals surface area contributed by atoms with Gasteiger partial charge in [-0.1, -0.05) is 12.1 Å². The molecule has 0 saturated heterocycles. The van der Waals surface area contributed by atoms with Crippen LogP contribution in [-0.2, 0) is 10.0 Å². The first-order chi connectivity index (χ1) is 8.49. The number of hydrogen-bond acceptors (Lipinski definition) is 4. The normalized spacial score (nSPS) is 13.2. The van der Waals surface area contributed by atoms with Crippen LogP contribution in [0, 0.1) is 0 Å². The van der Waals surface area contributed by atoms with E-state index in [4.69, 9.17) is 0 Å². The summed E-state index contributed by atoms with van der Waals surface area (Å²) in [5, 5.41) is 12.9. The van der Waals surface area contributed by atoms with E-state index in [1.165, 1.54) is 23.5 Å². The zero-order valence-corrected chi connectivity index (χ0v) is 11.3. The zero-order valence-electron chi connectivity index (χ0n) is 9.70. The standard InChI is InChI=1S/C12H13NO3S2/c1-9(14)10-2-4-12(5-3-10)18(15,16)13-11-6-7-17-8-11/h2-9,13-14H,1H3. The summed E-state index contributed by atoms with van der Waals surface area (Å²) >= 11 is 1.42. The predicted molar refractivity (Wildman–Crippen MR) is 72.2 cm³/mol. The number of hydrogen-bond donors (Lipinski definition) is 2. The Morgan fingerprint density at radius 1 is 1.22 bits per heavy atom. The molecule has 1 atom stereocenters. The van der Waals surface area contributed by atoms with Crippen molar-refractivity contribution in [1.29, 1.82) is 0 Å². The molecule has 96 valence electrons. The van der Waals surface area contributed by atoms with Crippen LogP contribution in [-0.4, -0.2) is 13.5 Å². The summed E-state index contributed by atoms with van der Waals surface area (Å²) in [4.78, 5) is 0.179. The molecule has 4 nitrogen and oxygen atoms in total. The maximum Gasteiger partial charge on any atom is 0.261 e. The molecule has 0 aliphatic heterocycles. The summed E-state index contributed by atoms with van der Waals surface area (Å²) in [5.41, 5.74) is 1.24. The lowest BCUT2D eigenvalue weighted by Crippen LogP contribution is -2.12. The summed E-state index contributed by atoms with van der Waals surface area (Å²) in [5.74, 6) is 0. The monoisotopic (exact) mass is 283 g/mol. The highest BCUT2D eigenvalue weighted by atomic mass is 32.2. The molecular weight excluding hydrogens is 270 g/mol. The van der Waals surface area contributed by atoms with Crippen molar-refractivity contribution in [3.8, 4) is 0 Å². The van der Waals surface area contributed by atoms with Gasteiger partial charge in [0, 0.05) is 5.38 Å². The van der Waals surface area contributed by atoms with Gasteiger partial charge in [-0.25, -0.2) is 8.42 Å². The van der Waals surface area contributed by atoms with E-state index < -0.39 is 16.1 Å². The Hall–Kier alpha value is -1.37. The fourth-order valence-corrected chi connectivity index (χ4v) is 3.17. The van der Waals surface area contributed by atoms with Gasteiger partial charge in [-0.3, -0.25) is 4.72 Å². The molecule has 1 aromatic carbocycles. The van der Waals surface area contributed by atoms with Crippen LogP contribution in [0.15, 0.2) is 46.0 Å². The van der Waals surface area contributed by atoms with E-state index in [0.29, 0.717) is 11.3 Å². The third kappa shape index (κ3) is 2.90. The van der Waals surface area contributed by atoms with E-state index in [2.05, 4.69) is 4.72 Å². The van der Waals surface area contributed by atoms with Crippen LogP contribution in [0.5, 0.6) is 0 Å². The van der Waals surface area contributed by atoms with Crippen molar-refractivity contribution < 1.29 is 13.5 Å². The number of sulfonamides is 1. The lowest BCUT2D eigenvalue weighted by atomic mass is 10.1. The number of thiophene rings is 1. The van der Waals surface area contributed by atoms with Gasteiger partial charge in [-0.15, -0.1) is 0 Å². The van der Waals surface area contributed by atoms with E-state index >= 15 is 0 Å². The first-order valence-corrected chi connectivity index (χ1v) is 7.75. The van der Waals surface area contributed by atoms with Crippen LogP contribution >= 0.6 is 11.3 Å². The highest BCUT2D eigenvalue weighted by Crippen LogP contribution is 2.20. The van der Waals surface area contributed by atoms with Gasteiger partial charge in [0.1, 0.15) is 0 Å². The molecule has 0 aliphatic rings. The van der Waals surface area contributed by atoms with Gasteiger partial charge in [-0.2, -0.15) is 11.3 Å². The van der Waals surface area contributed by atoms with E-state index in [9.17, 15) is 13.5 Å². The minimum absolute atomic E-state index is 0.179. The van der Waals surface area contributed by atoms with Crippen LogP contribution in [0.25, 0.3) is 0 Å². The van der Waals surface area contributed by atoms with Crippen molar-refractivity contribution in [2.24, 2.45) is 0 Å². The Bertz CT molecular complexity index is 601. The molecule has 0 saturated carbocycles. The van der Waals surface area contributed by atoms with Gasteiger partial charge in [0.25, 0.3) is 10.0 Å². The molecule has 2 N–H and O–H groups in total. The van der Waals surface area contributed by atoms with E-state index in [-0.39, 0.29) is 4.90 Å². The maximum absolute atomic E-state index is 12.0. The number of aliphatic hydroxyl groups excluding tert-OH is 1. The van der Waals surface area contributed by atoms with Gasteiger partial charge >= 0.3 is 0 Å². The first-order valence-electron chi connectivity index (χ1n) is 5.32. The molecule has 1 unspecified atom stereocenters. The minimum atomic E-state index is -3.55. The fourth-order valence-electron chi connectivity index (χ4n) is 1.46. The average molecular weight is 283 g/mol. The molecule has 2 aromatic rings. The molecular formula is C12H13NO3S2. The average Bonchev–Trinajstić information content (AvgIpc) is 2.81. The van der Waals surface area contributed by atoms with Crippen molar-refractivity contribution >= 4 is 27.0 Å². The topological polar surface area (TPSA) is 66.4 Å². The first kappa shape index (κ1) is 13.1. The molecule has 1 heterocycles. The Kier molecular flexibility index (Phi) is 3.70. The summed E-state index contributed by atoms with van der Waals surface area (Å²) in [6, 6.07) is 7.87. The molecule has 0 fully saturated rings. The van der Waals surface area contributed by atoms with Crippen molar-refractivity contribution in [2.75, 3.05) is 4.72 Å². The molecule has 2 rings (SSSR count). The number of benzene rings is 1. The van der Waals surface area contributed by atoms with Crippen LogP contribution in [0.4, 0.5) is 5.69 Å². The smallest absolute Gasteiger partial charge is 0.261 e. The number of nitrogens with one attached hydrogen (secondary N) is 1. The Labute approximate surface area is 110 Å². The molecule has 1 aromatic heterocycles. The molecule has 0 spiro atoms. The third-order valence-electron chi connectivity index (χ3n) is 2.45. The minimum Gasteiger partial charge on any atom is -0.389 e. The lowest BCUT2D eigenvalue weighted by Gasteiger charge is -2.08. The molecule has 0 bridgehead atoms. The SMILES string of the molecule is CC(O)c1ccc(S(=O)(=O)Nc2ccsc2)cc1. The van der Waals surface area contributed by atoms with Crippen molar-refractivity contribution in [1.82, 2.24) is 0 Å². The second kappa shape index (κ2) is 5.09. The summed E-state index contributed by atoms with van der Waals surface area (Å²) in [6.07, 6.45) is -0.605. The van der Waals surface area contributed by atoms with Gasteiger partial charge in [0.15, 0.2) is 0 Å². The molecule has 6 heteroatoms. The zero-order chi connectivity index (χ0) is 13.2. The van der Waals surface area contributed by atoms with Crippen molar-refractivity contribution in [3.63, 3.8) is 0 Å². The Morgan fingerprint density at radius 2 is 1.89 bits per heavy atom. The van der Waals surface area contributed by atoms with E-state index in [1.54, 1.807) is 35.9 Å². The molecule has 0 amide bonds. The number of rotatable bonds is 4. The van der Waals surface area contributed by atoms with Crippen molar-refractivity contribution in [3.05, 3.63) is 46.7 Å². The quantitative estimate of drug-likeness (QED) is 0.906. The van der Waals surface area contributed by atoms with Gasteiger partial charge in [0.2, 0.25) is 0 Å². The van der Waals surface area contributed by atoms with Crippen LogP contribution in [0.2, 0.25) is 0 Å². The third-order valence-corrected chi connectivity index (χ3v) is 4.53. The fraction of sp³-hybridized carbons (Fsp3) is 0.167. The highest BCUT2D eigenvalue weighted by molar-refractivity contribution is 7.92. The molecule has 18 heavy (non-hydrogen) atoms. The van der Waals surface area contributed by atoms with Gasteiger partial charge in [-0.05, 0) is 36.1 Å². The Morgan fingerprint density at radius 3 is 2.39 bits per heavy atom. The van der Waals surface area contributed by atoms with Crippen LogP contribution in [0.1, 0.15) is 18.6 Å². The summed E-state index contributed by atoms with van der Waals surface area (Å²) in [7, 11) is -3.55. The maximum atomic E-state index is 12.0. The molecule has 0 aliphatic carbocycles. The number of anilines is 1. The second-order valence-electron chi connectivity index (χ2n) is 3.86. The lowest BCUT2D eigenvalue weighted by molar-refractivity contribution is 0.199. The van der Waals surface area contributed by atoms with Crippen LogP contribution < -0.4 is 4.72 Å². The van der Waals surface area contributed by atoms with E-state index in [0.717, 1.165) is 0 Å². The van der Waals surface area contributed by atoms with Crippen molar-refractivity contribution in [2.45, 2.75) is 17.9 Å². The summed E-state index contributed by atoms with van der Waals surface area (Å²) < 4.78 is 26.5. The largest absolute Gasteiger partial charge is 0.389 e. The second-order valence-corrected chi connectivity index (χ2v) is 6.32. The Balaban J connectivity index is 2.25. The van der Waals surface area contributed by atoms with Gasteiger partial charge < -0.3 is 5.11 Å².